The van der Waals surface area contributed by atoms with Crippen LogP contribution in [0.1, 0.15) is 36.9 Å². The number of pyridine rings is 1. The number of hydrogen-bond acceptors (Lipinski definition) is 4. The van der Waals surface area contributed by atoms with Crippen molar-refractivity contribution in [3.63, 3.8) is 0 Å². The smallest absolute Gasteiger partial charge is 0.225 e. The number of carbonyl (C=O) groups is 1. The summed E-state index contributed by atoms with van der Waals surface area (Å²) in [5, 5.41) is 9.30. The minimum atomic E-state index is 0.218. The third-order valence-corrected chi connectivity index (χ3v) is 4.65. The molecular formula is C17H22N4O. The number of aryl methyl sites for hydroxylation is 1. The second kappa shape index (κ2) is 5.96. The molecule has 0 aromatic carbocycles. The Morgan fingerprint density at radius 3 is 2.86 bits per heavy atom. The Kier molecular flexibility index (Phi) is 4.02. The molecule has 2 fully saturated rings. The van der Waals surface area contributed by atoms with E-state index in [-0.39, 0.29) is 17.9 Å². The molecule has 1 unspecified atom stereocenters. The highest BCUT2D eigenvalue weighted by Gasteiger charge is 2.36. The van der Waals surface area contributed by atoms with Crippen LogP contribution in [0.3, 0.4) is 0 Å². The average molecular weight is 298 g/mol. The first-order valence-electron chi connectivity index (χ1n) is 7.99. The van der Waals surface area contributed by atoms with Gasteiger partial charge in [0, 0.05) is 37.8 Å². The van der Waals surface area contributed by atoms with E-state index in [4.69, 9.17) is 0 Å². The Bertz CT molecular complexity index is 618. The van der Waals surface area contributed by atoms with E-state index in [1.807, 2.05) is 31.0 Å². The van der Waals surface area contributed by atoms with E-state index in [1.165, 1.54) is 0 Å². The van der Waals surface area contributed by atoms with Crippen LogP contribution in [0.4, 0.5) is 5.82 Å². The van der Waals surface area contributed by atoms with Gasteiger partial charge in [0.2, 0.25) is 5.91 Å². The maximum atomic E-state index is 12.3. The standard InChI is InChI=1S/C17H22N4O/c1-12-5-6-14(10-18)16(19-12)21-9-3-4-15(11-21)20(2)17(22)13-7-8-13/h5-6,13,15H,3-4,7-9,11H2,1-2H3. The van der Waals surface area contributed by atoms with Crippen molar-refractivity contribution in [2.75, 3.05) is 25.0 Å². The van der Waals surface area contributed by atoms with E-state index in [1.54, 1.807) is 0 Å². The molecule has 1 amide bonds. The van der Waals surface area contributed by atoms with E-state index in [0.717, 1.165) is 50.3 Å². The quantitative estimate of drug-likeness (QED) is 0.857. The van der Waals surface area contributed by atoms with Crippen molar-refractivity contribution in [2.45, 2.75) is 38.6 Å². The number of piperidine rings is 1. The van der Waals surface area contributed by atoms with Crippen molar-refractivity contribution >= 4 is 11.7 Å². The van der Waals surface area contributed by atoms with E-state index in [9.17, 15) is 10.1 Å². The van der Waals surface area contributed by atoms with Gasteiger partial charge < -0.3 is 9.80 Å². The van der Waals surface area contributed by atoms with Gasteiger partial charge in [-0.3, -0.25) is 4.79 Å². The van der Waals surface area contributed by atoms with Crippen molar-refractivity contribution in [3.05, 3.63) is 23.4 Å². The van der Waals surface area contributed by atoms with Crippen LogP contribution in [0, 0.1) is 24.2 Å². The molecule has 2 heterocycles. The highest BCUT2D eigenvalue weighted by molar-refractivity contribution is 5.81. The van der Waals surface area contributed by atoms with Crippen molar-refractivity contribution in [2.24, 2.45) is 5.92 Å². The monoisotopic (exact) mass is 298 g/mol. The summed E-state index contributed by atoms with van der Waals surface area (Å²) in [6.45, 7) is 3.60. The number of nitrogens with zero attached hydrogens (tertiary/aromatic N) is 4. The molecule has 0 N–H and O–H groups in total. The molecule has 0 spiro atoms. The molecule has 1 aliphatic carbocycles. The molecular weight excluding hydrogens is 276 g/mol. The zero-order valence-corrected chi connectivity index (χ0v) is 13.2. The lowest BCUT2D eigenvalue weighted by molar-refractivity contribution is -0.133. The minimum absolute atomic E-state index is 0.218. The molecule has 22 heavy (non-hydrogen) atoms. The van der Waals surface area contributed by atoms with Crippen LogP contribution in [0.25, 0.3) is 0 Å². The first-order valence-corrected chi connectivity index (χ1v) is 7.99. The normalized spacial score (nSPS) is 21.3. The maximum absolute atomic E-state index is 12.3. The van der Waals surface area contributed by atoms with Crippen LogP contribution in [0.15, 0.2) is 12.1 Å². The van der Waals surface area contributed by atoms with Crippen molar-refractivity contribution in [3.8, 4) is 6.07 Å². The maximum Gasteiger partial charge on any atom is 0.225 e. The fourth-order valence-electron chi connectivity index (χ4n) is 3.13. The zero-order chi connectivity index (χ0) is 15.7. The van der Waals surface area contributed by atoms with Crippen LogP contribution in [-0.4, -0.2) is 42.0 Å². The van der Waals surface area contributed by atoms with Gasteiger partial charge in [-0.2, -0.15) is 5.26 Å². The summed E-state index contributed by atoms with van der Waals surface area (Å²) < 4.78 is 0. The summed E-state index contributed by atoms with van der Waals surface area (Å²) in [5.74, 6) is 1.30. The third-order valence-electron chi connectivity index (χ3n) is 4.65. The summed E-state index contributed by atoms with van der Waals surface area (Å²) >= 11 is 0. The topological polar surface area (TPSA) is 60.2 Å². The largest absolute Gasteiger partial charge is 0.353 e. The van der Waals surface area contributed by atoms with E-state index >= 15 is 0 Å². The van der Waals surface area contributed by atoms with Crippen molar-refractivity contribution in [1.82, 2.24) is 9.88 Å². The van der Waals surface area contributed by atoms with Gasteiger partial charge in [-0.05, 0) is 44.7 Å². The fraction of sp³-hybridized carbons (Fsp3) is 0.588. The Morgan fingerprint density at radius 2 is 2.18 bits per heavy atom. The molecule has 116 valence electrons. The highest BCUT2D eigenvalue weighted by Crippen LogP contribution is 2.32. The number of anilines is 1. The van der Waals surface area contributed by atoms with Crippen LogP contribution >= 0.6 is 0 Å². The molecule has 1 aromatic heterocycles. The number of amides is 1. The molecule has 2 aliphatic rings. The molecule has 1 aromatic rings. The first kappa shape index (κ1) is 14.8. The summed E-state index contributed by atoms with van der Waals surface area (Å²) in [5.41, 5.74) is 1.53. The van der Waals surface area contributed by atoms with Gasteiger partial charge >= 0.3 is 0 Å². The van der Waals surface area contributed by atoms with Gasteiger partial charge in [-0.15, -0.1) is 0 Å². The number of hydrogen-bond donors (Lipinski definition) is 0. The lowest BCUT2D eigenvalue weighted by Gasteiger charge is -2.38. The molecule has 0 radical (unpaired) electrons. The van der Waals surface area contributed by atoms with Gasteiger partial charge in [0.15, 0.2) is 0 Å². The minimum Gasteiger partial charge on any atom is -0.353 e. The number of carbonyl (C=O) groups excluding carboxylic acids is 1. The van der Waals surface area contributed by atoms with Gasteiger partial charge in [0.05, 0.1) is 5.56 Å². The average Bonchev–Trinajstić information content (AvgIpc) is 3.38. The van der Waals surface area contributed by atoms with Crippen molar-refractivity contribution < 1.29 is 4.79 Å². The molecule has 5 heteroatoms. The van der Waals surface area contributed by atoms with Gasteiger partial charge in [0.1, 0.15) is 11.9 Å². The molecule has 1 saturated carbocycles. The third kappa shape index (κ3) is 2.92. The highest BCUT2D eigenvalue weighted by atomic mass is 16.2. The lowest BCUT2D eigenvalue weighted by atomic mass is 10.0. The predicted octanol–water partition coefficient (Wildman–Crippen LogP) is 2.10. The molecule has 1 aliphatic heterocycles. The van der Waals surface area contributed by atoms with Crippen molar-refractivity contribution in [1.29, 1.82) is 5.26 Å². The number of aromatic nitrogens is 1. The first-order chi connectivity index (χ1) is 10.6. The number of likely N-dealkylation sites (N-methyl/N-ethyl adjacent to an activating group) is 1. The second-order valence-electron chi connectivity index (χ2n) is 6.40. The summed E-state index contributed by atoms with van der Waals surface area (Å²) in [4.78, 5) is 20.9. The molecule has 1 saturated heterocycles. The van der Waals surface area contributed by atoms with Crippen LogP contribution < -0.4 is 4.90 Å². The molecule has 1 atom stereocenters. The Morgan fingerprint density at radius 1 is 1.41 bits per heavy atom. The van der Waals surface area contributed by atoms with E-state index in [2.05, 4.69) is 16.0 Å². The van der Waals surface area contributed by atoms with Crippen LogP contribution in [0.5, 0.6) is 0 Å². The van der Waals surface area contributed by atoms with Crippen LogP contribution in [0.2, 0.25) is 0 Å². The fourth-order valence-corrected chi connectivity index (χ4v) is 3.13. The van der Waals surface area contributed by atoms with Gasteiger partial charge in [0.25, 0.3) is 0 Å². The second-order valence-corrected chi connectivity index (χ2v) is 6.40. The van der Waals surface area contributed by atoms with Gasteiger partial charge in [-0.25, -0.2) is 4.98 Å². The molecule has 5 nitrogen and oxygen atoms in total. The summed E-state index contributed by atoms with van der Waals surface area (Å²) in [6, 6.07) is 6.15. The Hall–Kier alpha value is -2.09. The lowest BCUT2D eigenvalue weighted by Crippen LogP contribution is -2.49. The van der Waals surface area contributed by atoms with E-state index in [0.29, 0.717) is 5.56 Å². The molecule has 3 rings (SSSR count). The Balaban J connectivity index is 1.77. The number of rotatable bonds is 3. The zero-order valence-electron chi connectivity index (χ0n) is 13.2. The summed E-state index contributed by atoms with van der Waals surface area (Å²) in [6.07, 6.45) is 4.13. The SMILES string of the molecule is Cc1ccc(C#N)c(N2CCCC(N(C)C(=O)C3CC3)C2)n1. The van der Waals surface area contributed by atoms with Gasteiger partial charge in [-0.1, -0.05) is 0 Å². The van der Waals surface area contributed by atoms with Crippen LogP contribution in [-0.2, 0) is 4.79 Å². The number of nitriles is 1. The van der Waals surface area contributed by atoms with E-state index < -0.39 is 0 Å². The summed E-state index contributed by atoms with van der Waals surface area (Å²) in [7, 11) is 1.92. The molecule has 0 bridgehead atoms. The Labute approximate surface area is 131 Å². The predicted molar refractivity (Wildman–Crippen MR) is 84.4 cm³/mol.